The summed E-state index contributed by atoms with van der Waals surface area (Å²) < 4.78 is 51.0. The molecule has 0 radical (unpaired) electrons. The van der Waals surface area contributed by atoms with Gasteiger partial charge in [-0.25, -0.2) is 4.98 Å². The third kappa shape index (κ3) is 4.49. The molecule has 156 valence electrons. The van der Waals surface area contributed by atoms with Crippen molar-refractivity contribution in [3.05, 3.63) is 47.7 Å². The predicted molar refractivity (Wildman–Crippen MR) is 104 cm³/mol. The first-order valence-electron chi connectivity index (χ1n) is 9.11. The van der Waals surface area contributed by atoms with Crippen LogP contribution in [0.2, 0.25) is 0 Å². The number of ether oxygens (including phenoxy) is 1. The molecule has 0 spiro atoms. The molecule has 1 aromatic carbocycles. The number of hydrogen-bond acceptors (Lipinski definition) is 5. The van der Waals surface area contributed by atoms with Crippen LogP contribution in [0.15, 0.2) is 40.9 Å². The molecule has 3 aromatic heterocycles. The van der Waals surface area contributed by atoms with E-state index in [4.69, 9.17) is 9.26 Å². The monoisotopic (exact) mass is 438 g/mol. The summed E-state index contributed by atoms with van der Waals surface area (Å²) in [6, 6.07) is 8.43. The van der Waals surface area contributed by atoms with Crippen LogP contribution in [0.1, 0.15) is 32.0 Å². The van der Waals surface area contributed by atoms with Gasteiger partial charge in [0.2, 0.25) is 5.88 Å². The number of alkyl halides is 3. The molecule has 0 saturated heterocycles. The van der Waals surface area contributed by atoms with E-state index >= 15 is 0 Å². The van der Waals surface area contributed by atoms with E-state index in [2.05, 4.69) is 20.1 Å². The van der Waals surface area contributed by atoms with Crippen molar-refractivity contribution in [3.8, 4) is 28.7 Å². The van der Waals surface area contributed by atoms with Gasteiger partial charge in [-0.2, -0.15) is 13.2 Å². The summed E-state index contributed by atoms with van der Waals surface area (Å²) in [5.41, 5.74) is 0.421. The second-order valence-electron chi connectivity index (χ2n) is 7.80. The fourth-order valence-corrected chi connectivity index (χ4v) is 3.02. The molecule has 0 atom stereocenters. The Labute approximate surface area is 198 Å². The minimum absolute atomic E-state index is 0. The van der Waals surface area contributed by atoms with Gasteiger partial charge in [-0.05, 0) is 23.5 Å². The molecule has 0 aliphatic heterocycles. The molecule has 4 aromatic rings. The van der Waals surface area contributed by atoms with E-state index in [9.17, 15) is 13.2 Å². The molecule has 0 saturated carbocycles. The summed E-state index contributed by atoms with van der Waals surface area (Å²) in [4.78, 5) is 13.1. The molecule has 0 unspecified atom stereocenters. The Hall–Kier alpha value is -2.36. The zero-order valence-corrected chi connectivity index (χ0v) is 19.7. The number of fused-ring (bicyclic) bond motifs is 1. The van der Waals surface area contributed by atoms with Crippen molar-refractivity contribution in [2.75, 3.05) is 7.11 Å². The van der Waals surface area contributed by atoms with Crippen LogP contribution < -0.4 is 39.3 Å². The first-order valence-corrected chi connectivity index (χ1v) is 9.11. The Morgan fingerprint density at radius 3 is 2.35 bits per heavy atom. The van der Waals surface area contributed by atoms with E-state index in [0.29, 0.717) is 16.8 Å². The SMILES string of the molecule is COc1nc(-c2ccccc2C(F)(F)F)cc2nc(-c3cc(C(C)(C)C)no3)[n-]c12.[Na+]. The topological polar surface area (TPSA) is 75.1 Å². The average molecular weight is 438 g/mol. The van der Waals surface area contributed by atoms with E-state index in [1.54, 1.807) is 6.07 Å². The maximum atomic E-state index is 13.4. The van der Waals surface area contributed by atoms with Crippen LogP contribution in [-0.2, 0) is 11.6 Å². The maximum Gasteiger partial charge on any atom is 1.00 e. The van der Waals surface area contributed by atoms with Crippen molar-refractivity contribution in [1.29, 1.82) is 0 Å². The van der Waals surface area contributed by atoms with Gasteiger partial charge in [0, 0.05) is 22.6 Å². The van der Waals surface area contributed by atoms with Gasteiger partial charge in [-0.15, -0.1) is 0 Å². The largest absolute Gasteiger partial charge is 1.00 e. The summed E-state index contributed by atoms with van der Waals surface area (Å²) >= 11 is 0. The molecular weight excluding hydrogens is 420 g/mol. The Kier molecular flexibility index (Phi) is 6.23. The number of methoxy groups -OCH3 is 1. The van der Waals surface area contributed by atoms with Gasteiger partial charge in [0.05, 0.1) is 24.1 Å². The number of hydrogen-bond donors (Lipinski definition) is 0. The summed E-state index contributed by atoms with van der Waals surface area (Å²) in [5.74, 6) is 0.693. The molecule has 0 amide bonds. The molecular formula is C21H18F3N4NaO2. The van der Waals surface area contributed by atoms with Gasteiger partial charge in [-0.3, -0.25) is 0 Å². The van der Waals surface area contributed by atoms with Crippen LogP contribution in [-0.4, -0.2) is 22.2 Å². The van der Waals surface area contributed by atoms with Gasteiger partial charge in [0.1, 0.15) is 0 Å². The molecule has 0 aliphatic carbocycles. The van der Waals surface area contributed by atoms with Gasteiger partial charge < -0.3 is 19.2 Å². The van der Waals surface area contributed by atoms with Crippen molar-refractivity contribution < 1.29 is 52.0 Å². The third-order valence-electron chi connectivity index (χ3n) is 4.59. The Balaban J connectivity index is 0.00000272. The van der Waals surface area contributed by atoms with Gasteiger partial charge in [0.15, 0.2) is 5.76 Å². The number of imidazole rings is 1. The van der Waals surface area contributed by atoms with Crippen molar-refractivity contribution in [2.45, 2.75) is 32.4 Å². The molecule has 0 aliphatic rings. The van der Waals surface area contributed by atoms with Crippen LogP contribution in [0.4, 0.5) is 13.2 Å². The van der Waals surface area contributed by atoms with E-state index in [0.717, 1.165) is 11.8 Å². The van der Waals surface area contributed by atoms with Crippen LogP contribution in [0.25, 0.3) is 33.9 Å². The molecule has 31 heavy (non-hydrogen) atoms. The smallest absolute Gasteiger partial charge is 0.481 e. The second-order valence-corrected chi connectivity index (χ2v) is 7.80. The fraction of sp³-hybridized carbons (Fsp3) is 0.286. The molecule has 0 N–H and O–H groups in total. The van der Waals surface area contributed by atoms with Crippen LogP contribution in [0.5, 0.6) is 5.88 Å². The zero-order valence-electron chi connectivity index (χ0n) is 17.7. The molecule has 0 fully saturated rings. The normalized spacial score (nSPS) is 12.1. The first kappa shape index (κ1) is 23.3. The number of aromatic nitrogens is 4. The van der Waals surface area contributed by atoms with E-state index in [-0.39, 0.29) is 57.9 Å². The minimum atomic E-state index is -4.52. The minimum Gasteiger partial charge on any atom is -0.481 e. The van der Waals surface area contributed by atoms with E-state index < -0.39 is 11.7 Å². The summed E-state index contributed by atoms with van der Waals surface area (Å²) in [6.07, 6.45) is -4.52. The van der Waals surface area contributed by atoms with Crippen LogP contribution >= 0.6 is 0 Å². The maximum absolute atomic E-state index is 13.4. The molecule has 6 nitrogen and oxygen atoms in total. The Bertz CT molecular complexity index is 1230. The van der Waals surface area contributed by atoms with Gasteiger partial charge in [-0.1, -0.05) is 44.1 Å². The standard InChI is InChI=1S/C21H18F3N4O2.Na/c1-20(2,3)16-10-15(30-28-16)18-25-14-9-13(26-19(29-4)17(14)27-18)11-7-5-6-8-12(11)21(22,23)24;/h5-10H,1-4H3;/q-1;+1. The van der Waals surface area contributed by atoms with E-state index in [1.807, 2.05) is 20.8 Å². The number of benzene rings is 1. The molecule has 3 heterocycles. The molecule has 10 heteroatoms. The zero-order chi connectivity index (χ0) is 21.7. The molecule has 4 rings (SSSR count). The summed E-state index contributed by atoms with van der Waals surface area (Å²) in [7, 11) is 1.38. The van der Waals surface area contributed by atoms with Crippen LogP contribution in [0, 0.1) is 0 Å². The van der Waals surface area contributed by atoms with Crippen molar-refractivity contribution in [1.82, 2.24) is 20.1 Å². The summed E-state index contributed by atoms with van der Waals surface area (Å²) in [5, 5.41) is 4.05. The van der Waals surface area contributed by atoms with Crippen molar-refractivity contribution >= 4 is 11.0 Å². The second kappa shape index (κ2) is 8.29. The number of halogens is 3. The third-order valence-corrected chi connectivity index (χ3v) is 4.59. The number of rotatable bonds is 3. The quantitative estimate of drug-likeness (QED) is 0.457. The van der Waals surface area contributed by atoms with Crippen molar-refractivity contribution in [2.24, 2.45) is 0 Å². The predicted octanol–water partition coefficient (Wildman–Crippen LogP) is 2.24. The Morgan fingerprint density at radius 1 is 1.03 bits per heavy atom. The number of pyridine rings is 1. The number of nitrogens with zero attached hydrogens (tertiary/aromatic N) is 4. The fourth-order valence-electron chi connectivity index (χ4n) is 3.02. The average Bonchev–Trinajstić information content (AvgIpc) is 3.33. The van der Waals surface area contributed by atoms with Crippen molar-refractivity contribution in [3.63, 3.8) is 0 Å². The van der Waals surface area contributed by atoms with Gasteiger partial charge in [0.25, 0.3) is 0 Å². The van der Waals surface area contributed by atoms with E-state index in [1.165, 1.54) is 31.4 Å². The Morgan fingerprint density at radius 2 is 1.74 bits per heavy atom. The first-order chi connectivity index (χ1) is 14.1. The molecule has 0 bridgehead atoms. The van der Waals surface area contributed by atoms with Gasteiger partial charge >= 0.3 is 35.7 Å². The van der Waals surface area contributed by atoms with Crippen LogP contribution in [0.3, 0.4) is 0 Å². The summed E-state index contributed by atoms with van der Waals surface area (Å²) in [6.45, 7) is 5.98.